The fraction of sp³-hybridized carbons (Fsp3) is 1.00. The minimum absolute atomic E-state index is 0.686. The van der Waals surface area contributed by atoms with Crippen LogP contribution in [-0.4, -0.2) is 30.1 Å². The van der Waals surface area contributed by atoms with Gasteiger partial charge in [-0.25, -0.2) is 0 Å². The average molecular weight is 266 g/mol. The van der Waals surface area contributed by atoms with Crippen molar-refractivity contribution < 1.29 is 0 Å². The summed E-state index contributed by atoms with van der Waals surface area (Å²) < 4.78 is 0. The van der Waals surface area contributed by atoms with E-state index in [4.69, 9.17) is 5.73 Å². The lowest BCUT2D eigenvalue weighted by Gasteiger charge is -2.34. The van der Waals surface area contributed by atoms with Crippen molar-refractivity contribution >= 4 is 0 Å². The molecule has 1 saturated carbocycles. The molecule has 1 saturated heterocycles. The second kappa shape index (κ2) is 8.26. The van der Waals surface area contributed by atoms with Crippen molar-refractivity contribution in [3.8, 4) is 0 Å². The lowest BCUT2D eigenvalue weighted by molar-refractivity contribution is 0.143. The maximum atomic E-state index is 6.02. The number of unbranched alkanes of at least 4 members (excludes halogenated alkanes) is 6. The molecule has 0 amide bonds. The number of hydrogen-bond acceptors (Lipinski definition) is 2. The third kappa shape index (κ3) is 4.46. The molecule has 2 fully saturated rings. The molecule has 3 atom stereocenters. The largest absolute Gasteiger partial charge is 0.329 e. The Morgan fingerprint density at radius 1 is 1.05 bits per heavy atom. The first kappa shape index (κ1) is 15.3. The Labute approximate surface area is 120 Å². The van der Waals surface area contributed by atoms with Crippen molar-refractivity contribution in [1.82, 2.24) is 4.90 Å². The average Bonchev–Trinajstić information content (AvgIpc) is 3.04. The van der Waals surface area contributed by atoms with Gasteiger partial charge in [-0.05, 0) is 31.6 Å². The van der Waals surface area contributed by atoms with E-state index in [1.807, 2.05) is 0 Å². The lowest BCUT2D eigenvalue weighted by Crippen LogP contribution is -2.45. The summed E-state index contributed by atoms with van der Waals surface area (Å²) in [6, 6.07) is 1.58. The maximum Gasteiger partial charge on any atom is 0.0221 e. The Morgan fingerprint density at radius 2 is 1.79 bits per heavy atom. The van der Waals surface area contributed by atoms with Crippen molar-refractivity contribution in [2.75, 3.05) is 13.1 Å². The van der Waals surface area contributed by atoms with Crippen molar-refractivity contribution in [3.05, 3.63) is 0 Å². The molecule has 3 unspecified atom stereocenters. The van der Waals surface area contributed by atoms with Gasteiger partial charge in [-0.2, -0.15) is 0 Å². The highest BCUT2D eigenvalue weighted by Crippen LogP contribution is 2.39. The van der Waals surface area contributed by atoms with Gasteiger partial charge in [0.05, 0.1) is 0 Å². The minimum atomic E-state index is 0.686. The van der Waals surface area contributed by atoms with E-state index in [9.17, 15) is 0 Å². The first-order valence-corrected chi connectivity index (χ1v) is 8.81. The van der Waals surface area contributed by atoms with Crippen molar-refractivity contribution in [2.45, 2.75) is 89.6 Å². The van der Waals surface area contributed by atoms with Gasteiger partial charge >= 0.3 is 0 Å². The number of nitrogens with two attached hydrogens (primary N) is 1. The number of hydrogen-bond donors (Lipinski definition) is 1. The normalized spacial score (nSPS) is 28.1. The molecule has 1 aliphatic heterocycles. The van der Waals surface area contributed by atoms with Gasteiger partial charge in [0.15, 0.2) is 0 Å². The molecule has 2 heteroatoms. The maximum absolute atomic E-state index is 6.02. The summed E-state index contributed by atoms with van der Waals surface area (Å²) in [6.45, 7) is 4.51. The molecule has 0 spiro atoms. The summed E-state index contributed by atoms with van der Waals surface area (Å²) in [5.74, 6) is 1.01. The van der Waals surface area contributed by atoms with E-state index in [2.05, 4.69) is 11.8 Å². The molecular weight excluding hydrogens is 232 g/mol. The summed E-state index contributed by atoms with van der Waals surface area (Å²) >= 11 is 0. The highest BCUT2D eigenvalue weighted by atomic mass is 15.2. The molecule has 2 aliphatic rings. The third-order valence-corrected chi connectivity index (χ3v) is 5.33. The summed E-state index contributed by atoms with van der Waals surface area (Å²) in [4.78, 5) is 2.76. The molecule has 1 heterocycles. The number of nitrogens with zero attached hydrogens (tertiary/aromatic N) is 1. The SMILES string of the molecule is CCCCCCCCCC(CN)N1CC2CCC1C2. The zero-order valence-electron chi connectivity index (χ0n) is 12.9. The van der Waals surface area contributed by atoms with Crippen LogP contribution in [0.1, 0.15) is 77.6 Å². The highest BCUT2D eigenvalue weighted by Gasteiger charge is 2.40. The summed E-state index contributed by atoms with van der Waals surface area (Å²) in [5.41, 5.74) is 6.02. The molecule has 0 aromatic carbocycles. The van der Waals surface area contributed by atoms with E-state index in [1.54, 1.807) is 0 Å². The van der Waals surface area contributed by atoms with Crippen LogP contribution in [0.25, 0.3) is 0 Å². The second-order valence-electron chi connectivity index (χ2n) is 6.83. The number of likely N-dealkylation sites (tertiary alicyclic amines) is 1. The van der Waals surface area contributed by atoms with Crippen LogP contribution in [-0.2, 0) is 0 Å². The van der Waals surface area contributed by atoms with E-state index in [1.165, 1.54) is 77.2 Å². The van der Waals surface area contributed by atoms with Crippen molar-refractivity contribution in [3.63, 3.8) is 0 Å². The van der Waals surface area contributed by atoms with E-state index in [0.717, 1.165) is 18.5 Å². The first-order chi connectivity index (χ1) is 9.35. The van der Waals surface area contributed by atoms with Gasteiger partial charge in [0, 0.05) is 25.2 Å². The Kier molecular flexibility index (Phi) is 6.66. The summed E-state index contributed by atoms with van der Waals surface area (Å²) in [7, 11) is 0. The molecule has 19 heavy (non-hydrogen) atoms. The van der Waals surface area contributed by atoms with E-state index in [0.29, 0.717) is 6.04 Å². The van der Waals surface area contributed by atoms with E-state index < -0.39 is 0 Å². The van der Waals surface area contributed by atoms with Gasteiger partial charge in [-0.1, -0.05) is 51.9 Å². The molecule has 112 valence electrons. The molecule has 1 aliphatic carbocycles. The molecule has 0 radical (unpaired) electrons. The number of piperidine rings is 1. The number of rotatable bonds is 10. The van der Waals surface area contributed by atoms with Crippen LogP contribution in [0.4, 0.5) is 0 Å². The van der Waals surface area contributed by atoms with Gasteiger partial charge in [0.2, 0.25) is 0 Å². The minimum Gasteiger partial charge on any atom is -0.329 e. The monoisotopic (exact) mass is 266 g/mol. The van der Waals surface area contributed by atoms with Gasteiger partial charge in [-0.3, -0.25) is 4.90 Å². The highest BCUT2D eigenvalue weighted by molar-refractivity contribution is 4.95. The lowest BCUT2D eigenvalue weighted by atomic mass is 10.0. The van der Waals surface area contributed by atoms with E-state index in [-0.39, 0.29) is 0 Å². The number of fused-ring (bicyclic) bond motifs is 2. The first-order valence-electron chi connectivity index (χ1n) is 8.81. The fourth-order valence-corrected chi connectivity index (χ4v) is 4.17. The van der Waals surface area contributed by atoms with Gasteiger partial charge in [-0.15, -0.1) is 0 Å². The molecule has 2 rings (SSSR count). The van der Waals surface area contributed by atoms with Crippen molar-refractivity contribution in [1.29, 1.82) is 0 Å². The zero-order chi connectivity index (χ0) is 13.5. The van der Waals surface area contributed by atoms with Crippen LogP contribution in [0.15, 0.2) is 0 Å². The molecule has 0 aromatic heterocycles. The zero-order valence-corrected chi connectivity index (χ0v) is 12.9. The van der Waals surface area contributed by atoms with Crippen LogP contribution < -0.4 is 5.73 Å². The molecule has 2 N–H and O–H groups in total. The quantitative estimate of drug-likeness (QED) is 0.607. The predicted octanol–water partition coefficient (Wildman–Crippen LogP) is 3.94. The Hall–Kier alpha value is -0.0800. The predicted molar refractivity (Wildman–Crippen MR) is 83.3 cm³/mol. The molecule has 2 bridgehead atoms. The van der Waals surface area contributed by atoms with Crippen LogP contribution in [0.3, 0.4) is 0 Å². The topological polar surface area (TPSA) is 29.3 Å². The van der Waals surface area contributed by atoms with Crippen LogP contribution in [0.5, 0.6) is 0 Å². The Morgan fingerprint density at radius 3 is 2.37 bits per heavy atom. The van der Waals surface area contributed by atoms with Crippen LogP contribution in [0, 0.1) is 5.92 Å². The van der Waals surface area contributed by atoms with Gasteiger partial charge in [0.25, 0.3) is 0 Å². The van der Waals surface area contributed by atoms with Crippen LogP contribution >= 0.6 is 0 Å². The van der Waals surface area contributed by atoms with Crippen LogP contribution in [0.2, 0.25) is 0 Å². The second-order valence-corrected chi connectivity index (χ2v) is 6.83. The smallest absolute Gasteiger partial charge is 0.0221 e. The van der Waals surface area contributed by atoms with Gasteiger partial charge in [0.1, 0.15) is 0 Å². The standard InChI is InChI=1S/C17H34N2/c1-2-3-4-5-6-7-8-9-17(13-18)19-14-15-10-11-16(19)12-15/h15-17H,2-14,18H2,1H3. The summed E-state index contributed by atoms with van der Waals surface area (Å²) in [5, 5.41) is 0. The molecular formula is C17H34N2. The van der Waals surface area contributed by atoms with Gasteiger partial charge < -0.3 is 5.73 Å². The molecule has 0 aromatic rings. The van der Waals surface area contributed by atoms with E-state index >= 15 is 0 Å². The summed E-state index contributed by atoms with van der Waals surface area (Å²) in [6.07, 6.45) is 15.6. The third-order valence-electron chi connectivity index (χ3n) is 5.33. The Balaban J connectivity index is 1.56. The van der Waals surface area contributed by atoms with Crippen molar-refractivity contribution in [2.24, 2.45) is 11.7 Å². The molecule has 2 nitrogen and oxygen atoms in total. The fourth-order valence-electron chi connectivity index (χ4n) is 4.17. The Bertz CT molecular complexity index is 241.